The Morgan fingerprint density at radius 3 is 2.86 bits per heavy atom. The molecular weight excluding hydrogens is 392 g/mol. The first-order chi connectivity index (χ1) is 13.9. The van der Waals surface area contributed by atoms with Crippen LogP contribution in [0.25, 0.3) is 0 Å². The summed E-state index contributed by atoms with van der Waals surface area (Å²) in [5.41, 5.74) is 2.28. The molecule has 0 radical (unpaired) electrons. The van der Waals surface area contributed by atoms with Crippen molar-refractivity contribution in [2.24, 2.45) is 0 Å². The number of hydrogen-bond acceptors (Lipinski definition) is 8. The minimum atomic E-state index is -0.550. The fourth-order valence-corrected chi connectivity index (χ4v) is 4.08. The van der Waals surface area contributed by atoms with Crippen molar-refractivity contribution < 1.29 is 23.8 Å². The van der Waals surface area contributed by atoms with Crippen molar-refractivity contribution in [2.75, 3.05) is 12.4 Å². The predicted molar refractivity (Wildman–Crippen MR) is 106 cm³/mol. The highest BCUT2D eigenvalue weighted by Gasteiger charge is 2.38. The van der Waals surface area contributed by atoms with Crippen molar-refractivity contribution in [2.45, 2.75) is 38.0 Å². The number of esters is 2. The molecule has 2 unspecified atom stereocenters. The van der Waals surface area contributed by atoms with Crippen LogP contribution < -0.4 is 0 Å². The summed E-state index contributed by atoms with van der Waals surface area (Å²) in [6.45, 7) is 5.13. The average molecular weight is 412 g/mol. The number of carbonyl (C=O) groups is 2. The highest BCUT2D eigenvalue weighted by Crippen LogP contribution is 2.36. The van der Waals surface area contributed by atoms with E-state index in [1.165, 1.54) is 18.7 Å². The molecule has 3 rings (SSSR count). The summed E-state index contributed by atoms with van der Waals surface area (Å²) in [5, 5.41) is 9.89. The Kier molecular flexibility index (Phi) is 6.52. The van der Waals surface area contributed by atoms with E-state index in [9.17, 15) is 14.9 Å². The highest BCUT2D eigenvalue weighted by molar-refractivity contribution is 7.99. The maximum atomic E-state index is 12.6. The molecule has 1 aliphatic heterocycles. The molecule has 0 saturated carbocycles. The summed E-state index contributed by atoms with van der Waals surface area (Å²) in [6, 6.07) is 5.63. The summed E-state index contributed by atoms with van der Waals surface area (Å²) in [7, 11) is 0. The second kappa shape index (κ2) is 9.07. The fraction of sp³-hybridized carbons (Fsp3) is 0.333. The van der Waals surface area contributed by atoms with Crippen LogP contribution in [0.3, 0.4) is 0 Å². The van der Waals surface area contributed by atoms with Crippen LogP contribution in [0.1, 0.15) is 25.1 Å². The molecule has 0 bridgehead atoms. The summed E-state index contributed by atoms with van der Waals surface area (Å²) in [4.78, 5) is 28.3. The Labute approximate surface area is 173 Å². The Morgan fingerprint density at radius 2 is 2.17 bits per heavy atom. The van der Waals surface area contributed by atoms with Gasteiger partial charge in [0.25, 0.3) is 0 Å². The van der Waals surface area contributed by atoms with Crippen LogP contribution >= 0.6 is 11.8 Å². The number of nitrogens with zero attached hydrogens (tertiary/aromatic N) is 2. The smallest absolute Gasteiger partial charge is 0.337 e. The van der Waals surface area contributed by atoms with Gasteiger partial charge in [0.05, 0.1) is 17.7 Å². The number of hydrogen-bond donors (Lipinski definition) is 0. The van der Waals surface area contributed by atoms with Gasteiger partial charge in [-0.15, -0.1) is 11.8 Å². The van der Waals surface area contributed by atoms with Crippen LogP contribution in [-0.4, -0.2) is 41.5 Å². The lowest BCUT2D eigenvalue weighted by Gasteiger charge is -2.15. The van der Waals surface area contributed by atoms with E-state index in [0.717, 1.165) is 5.69 Å². The first-order valence-corrected chi connectivity index (χ1v) is 10.1. The third-order valence-electron chi connectivity index (χ3n) is 4.23. The van der Waals surface area contributed by atoms with Gasteiger partial charge in [0.1, 0.15) is 29.1 Å². The van der Waals surface area contributed by atoms with Crippen LogP contribution in [0, 0.1) is 18.3 Å². The van der Waals surface area contributed by atoms with E-state index in [2.05, 4.69) is 11.1 Å². The van der Waals surface area contributed by atoms with Crippen LogP contribution in [-0.2, 0) is 23.8 Å². The molecule has 1 aromatic heterocycles. The normalized spacial score (nSPS) is 20.0. The third kappa shape index (κ3) is 4.75. The lowest BCUT2D eigenvalue weighted by atomic mass is 9.98. The van der Waals surface area contributed by atoms with E-state index in [1.807, 2.05) is 6.92 Å². The quantitative estimate of drug-likeness (QED) is 0.519. The van der Waals surface area contributed by atoms with Gasteiger partial charge in [-0.05, 0) is 44.2 Å². The third-order valence-corrected chi connectivity index (χ3v) is 5.29. The second-order valence-electron chi connectivity index (χ2n) is 6.36. The molecule has 0 aromatic carbocycles. The highest BCUT2D eigenvalue weighted by atomic mass is 32.2. The topological polar surface area (TPSA) is 98.5 Å². The molecule has 1 aliphatic carbocycles. The lowest BCUT2D eigenvalue weighted by Crippen LogP contribution is -2.22. The van der Waals surface area contributed by atoms with Gasteiger partial charge in [-0.2, -0.15) is 5.26 Å². The number of aryl methyl sites for hydroxylation is 1. The summed E-state index contributed by atoms with van der Waals surface area (Å²) >= 11 is 1.35. The SMILES string of the molecule is CCOC(=O)C1=C2C=C(OC(C)=O)C=CC2OC1CSc1nc(C)ccc1C#N. The van der Waals surface area contributed by atoms with E-state index in [4.69, 9.17) is 14.2 Å². The van der Waals surface area contributed by atoms with E-state index < -0.39 is 24.1 Å². The Morgan fingerprint density at radius 1 is 1.38 bits per heavy atom. The largest absolute Gasteiger partial charge is 0.463 e. The molecule has 1 aromatic rings. The number of ether oxygens (including phenoxy) is 3. The number of pyridine rings is 1. The number of rotatable bonds is 6. The first-order valence-electron chi connectivity index (χ1n) is 9.08. The van der Waals surface area contributed by atoms with Crippen molar-refractivity contribution in [3.05, 3.63) is 58.5 Å². The maximum Gasteiger partial charge on any atom is 0.337 e. The zero-order valence-electron chi connectivity index (χ0n) is 16.3. The van der Waals surface area contributed by atoms with E-state index >= 15 is 0 Å². The molecule has 0 saturated heterocycles. The number of nitriles is 1. The van der Waals surface area contributed by atoms with E-state index in [0.29, 0.717) is 33.2 Å². The maximum absolute atomic E-state index is 12.6. The van der Waals surface area contributed by atoms with Crippen molar-refractivity contribution in [3.63, 3.8) is 0 Å². The molecule has 0 fully saturated rings. The Bertz CT molecular complexity index is 974. The molecule has 29 heavy (non-hydrogen) atoms. The zero-order chi connectivity index (χ0) is 21.0. The number of carbonyl (C=O) groups excluding carboxylic acids is 2. The van der Waals surface area contributed by atoms with Gasteiger partial charge in [0.15, 0.2) is 0 Å². The number of fused-ring (bicyclic) bond motifs is 1. The van der Waals surface area contributed by atoms with Crippen molar-refractivity contribution in [1.29, 1.82) is 5.26 Å². The van der Waals surface area contributed by atoms with Crippen molar-refractivity contribution in [3.8, 4) is 6.07 Å². The van der Waals surface area contributed by atoms with Gasteiger partial charge in [-0.25, -0.2) is 9.78 Å². The first kappa shape index (κ1) is 20.8. The molecule has 0 spiro atoms. The minimum Gasteiger partial charge on any atom is -0.463 e. The van der Waals surface area contributed by atoms with Crippen molar-refractivity contribution in [1.82, 2.24) is 4.98 Å². The summed E-state index contributed by atoms with van der Waals surface area (Å²) < 4.78 is 16.4. The van der Waals surface area contributed by atoms with Crippen molar-refractivity contribution >= 4 is 23.7 Å². The predicted octanol–water partition coefficient (Wildman–Crippen LogP) is 3.00. The van der Waals surface area contributed by atoms with Gasteiger partial charge < -0.3 is 14.2 Å². The van der Waals surface area contributed by atoms with Gasteiger partial charge in [0.2, 0.25) is 0 Å². The lowest BCUT2D eigenvalue weighted by molar-refractivity contribution is -0.139. The van der Waals surface area contributed by atoms with Gasteiger partial charge in [0, 0.05) is 23.9 Å². The van der Waals surface area contributed by atoms with Crippen LogP contribution in [0.2, 0.25) is 0 Å². The second-order valence-corrected chi connectivity index (χ2v) is 7.37. The van der Waals surface area contributed by atoms with E-state index in [-0.39, 0.29) is 6.61 Å². The van der Waals surface area contributed by atoms with Gasteiger partial charge >= 0.3 is 11.9 Å². The number of thioether (sulfide) groups is 1. The minimum absolute atomic E-state index is 0.231. The van der Waals surface area contributed by atoms with Crippen LogP contribution in [0.15, 0.2) is 52.3 Å². The van der Waals surface area contributed by atoms with Crippen LogP contribution in [0.5, 0.6) is 0 Å². The molecule has 150 valence electrons. The molecule has 2 heterocycles. The monoisotopic (exact) mass is 412 g/mol. The number of allylic oxidation sites excluding steroid dienone is 1. The average Bonchev–Trinajstić information content (AvgIpc) is 3.04. The molecule has 8 heteroatoms. The standard InChI is InChI=1S/C21H20N2O5S/c1-4-26-21(25)19-16-9-15(27-13(3)24)7-8-17(16)28-18(19)11-29-20-14(10-22)6-5-12(2)23-20/h5-9,17-18H,4,11H2,1-3H3. The van der Waals surface area contributed by atoms with Gasteiger partial charge in [-0.3, -0.25) is 4.79 Å². The molecule has 2 atom stereocenters. The summed E-state index contributed by atoms with van der Waals surface area (Å²) in [6.07, 6.45) is 4.03. The van der Waals surface area contributed by atoms with Crippen LogP contribution in [0.4, 0.5) is 0 Å². The molecular formula is C21H20N2O5S. The summed E-state index contributed by atoms with van der Waals surface area (Å²) in [5.74, 6) is -0.195. The number of aromatic nitrogens is 1. The zero-order valence-corrected chi connectivity index (χ0v) is 17.1. The fourth-order valence-electron chi connectivity index (χ4n) is 3.04. The Balaban J connectivity index is 1.88. The molecule has 7 nitrogen and oxygen atoms in total. The molecule has 0 N–H and O–H groups in total. The molecule has 2 aliphatic rings. The van der Waals surface area contributed by atoms with E-state index in [1.54, 1.807) is 37.3 Å². The molecule has 0 amide bonds. The Hall–Kier alpha value is -2.89. The van der Waals surface area contributed by atoms with Gasteiger partial charge in [-0.1, -0.05) is 0 Å².